The SMILES string of the molecule is CCC1=CC=CC1.[CH3][Pt]([CH3])[CH3]. The minimum atomic E-state index is -0.269. The van der Waals surface area contributed by atoms with Gasteiger partial charge in [0.1, 0.15) is 0 Å². The van der Waals surface area contributed by atoms with Crippen LogP contribution in [-0.4, -0.2) is 0 Å². The van der Waals surface area contributed by atoms with Gasteiger partial charge in [0.25, 0.3) is 0 Å². The van der Waals surface area contributed by atoms with Crippen LogP contribution in [0.4, 0.5) is 0 Å². The van der Waals surface area contributed by atoms with Crippen LogP contribution in [-0.2, 0) is 17.3 Å². The molecule has 0 spiro atoms. The monoisotopic (exact) mass is 334 g/mol. The van der Waals surface area contributed by atoms with E-state index in [1.54, 1.807) is 5.57 Å². The van der Waals surface area contributed by atoms with Crippen molar-refractivity contribution < 1.29 is 17.3 Å². The third kappa shape index (κ3) is 8.07. The van der Waals surface area contributed by atoms with Crippen molar-refractivity contribution in [3.8, 4) is 0 Å². The van der Waals surface area contributed by atoms with Crippen LogP contribution in [0.1, 0.15) is 19.8 Å². The van der Waals surface area contributed by atoms with Crippen molar-refractivity contribution in [3.05, 3.63) is 23.8 Å². The van der Waals surface area contributed by atoms with E-state index in [0.29, 0.717) is 0 Å². The third-order valence-electron chi connectivity index (χ3n) is 1.30. The molecule has 0 amide bonds. The summed E-state index contributed by atoms with van der Waals surface area (Å²) < 4.78 is 0. The average Bonchev–Trinajstić information content (AvgIpc) is 2.36. The summed E-state index contributed by atoms with van der Waals surface area (Å²) in [5, 5.41) is 6.97. The van der Waals surface area contributed by atoms with Crippen molar-refractivity contribution in [3.63, 3.8) is 0 Å². The van der Waals surface area contributed by atoms with E-state index in [9.17, 15) is 0 Å². The first kappa shape index (κ1) is 11.2. The fourth-order valence-electron chi connectivity index (χ4n) is 0.754. The molecule has 69 valence electrons. The normalized spacial score (nSPS) is 15.3. The Kier molecular flexibility index (Phi) is 6.96. The van der Waals surface area contributed by atoms with Gasteiger partial charge in [-0.2, -0.15) is 0 Å². The molecule has 0 radical (unpaired) electrons. The fraction of sp³-hybridized carbons (Fsp3) is 0.600. The Labute approximate surface area is 76.9 Å². The maximum absolute atomic E-state index is 2.32. The molecule has 0 saturated carbocycles. The molecule has 0 bridgehead atoms. The topological polar surface area (TPSA) is 0 Å². The molecule has 0 N–H and O–H groups in total. The van der Waals surface area contributed by atoms with E-state index in [0.717, 1.165) is 0 Å². The molecule has 0 heterocycles. The summed E-state index contributed by atoms with van der Waals surface area (Å²) >= 11 is -0.269. The van der Waals surface area contributed by atoms with Crippen LogP contribution >= 0.6 is 0 Å². The van der Waals surface area contributed by atoms with Gasteiger partial charge in [-0.25, -0.2) is 0 Å². The second-order valence-electron chi connectivity index (χ2n) is 2.76. The van der Waals surface area contributed by atoms with E-state index >= 15 is 0 Å². The van der Waals surface area contributed by atoms with Gasteiger partial charge in [0, 0.05) is 0 Å². The summed E-state index contributed by atoms with van der Waals surface area (Å²) in [6, 6.07) is 0. The van der Waals surface area contributed by atoms with Crippen molar-refractivity contribution in [2.24, 2.45) is 0 Å². The zero-order valence-electron chi connectivity index (χ0n) is 7.96. The number of rotatable bonds is 1. The second kappa shape index (κ2) is 6.85. The first-order chi connectivity index (χ1) is 5.16. The number of allylic oxidation sites excluding steroid dienone is 4. The van der Waals surface area contributed by atoms with Crippen LogP contribution in [0.3, 0.4) is 0 Å². The summed E-state index contributed by atoms with van der Waals surface area (Å²) in [6.07, 6.45) is 8.92. The molecule has 0 saturated heterocycles. The molecule has 1 aliphatic carbocycles. The Balaban J connectivity index is 0.000000218. The molecule has 1 rings (SSSR count). The van der Waals surface area contributed by atoms with Gasteiger partial charge in [-0.15, -0.1) is 0 Å². The molecule has 1 heteroatoms. The van der Waals surface area contributed by atoms with Crippen molar-refractivity contribution >= 4 is 0 Å². The van der Waals surface area contributed by atoms with E-state index in [1.165, 1.54) is 12.8 Å². The van der Waals surface area contributed by atoms with E-state index in [4.69, 9.17) is 0 Å². The van der Waals surface area contributed by atoms with E-state index in [1.807, 2.05) is 0 Å². The molecule has 1 aliphatic rings. The number of hydrogen-bond acceptors (Lipinski definition) is 0. The second-order valence-corrected chi connectivity index (χ2v) is 9.58. The van der Waals surface area contributed by atoms with Gasteiger partial charge < -0.3 is 0 Å². The van der Waals surface area contributed by atoms with Crippen LogP contribution in [0.5, 0.6) is 0 Å². The van der Waals surface area contributed by atoms with Gasteiger partial charge in [-0.1, -0.05) is 30.7 Å². The first-order valence-corrected chi connectivity index (χ1v) is 10.5. The molecule has 0 atom stereocenters. The number of hydrogen-bond donors (Lipinski definition) is 0. The molecule has 0 aliphatic heterocycles. The quantitative estimate of drug-likeness (QED) is 0.679. The Hall–Kier alpha value is 0.168. The molecule has 11 heavy (non-hydrogen) atoms. The molecule has 0 unspecified atom stereocenters. The molecule has 0 aromatic carbocycles. The van der Waals surface area contributed by atoms with Crippen LogP contribution in [0.2, 0.25) is 15.9 Å². The Morgan fingerprint density at radius 3 is 2.09 bits per heavy atom. The van der Waals surface area contributed by atoms with Crippen LogP contribution in [0.15, 0.2) is 23.8 Å². The average molecular weight is 334 g/mol. The van der Waals surface area contributed by atoms with Gasteiger partial charge >= 0.3 is 33.3 Å². The zero-order valence-corrected chi connectivity index (χ0v) is 10.2. The summed E-state index contributed by atoms with van der Waals surface area (Å²) in [5.41, 5.74) is 1.56. The third-order valence-corrected chi connectivity index (χ3v) is 1.30. The van der Waals surface area contributed by atoms with Crippen LogP contribution in [0.25, 0.3) is 0 Å². The van der Waals surface area contributed by atoms with Crippen LogP contribution in [0, 0.1) is 0 Å². The van der Waals surface area contributed by atoms with Crippen LogP contribution < -0.4 is 0 Å². The minimum absolute atomic E-state index is 0.269. The van der Waals surface area contributed by atoms with Crippen molar-refractivity contribution in [1.29, 1.82) is 0 Å². The molecule has 0 aromatic heterocycles. The molecule has 0 aromatic rings. The Morgan fingerprint density at radius 2 is 1.91 bits per heavy atom. The molecule has 0 nitrogen and oxygen atoms in total. The van der Waals surface area contributed by atoms with E-state index in [-0.39, 0.29) is 17.3 Å². The summed E-state index contributed by atoms with van der Waals surface area (Å²) in [4.78, 5) is 0. The molecular formula is C10H19Pt. The summed E-state index contributed by atoms with van der Waals surface area (Å²) in [6.45, 7) is 2.19. The molecule has 0 fully saturated rings. The Bertz CT molecular complexity index is 140. The van der Waals surface area contributed by atoms with Crippen molar-refractivity contribution in [2.75, 3.05) is 0 Å². The van der Waals surface area contributed by atoms with Gasteiger partial charge in [0.15, 0.2) is 0 Å². The summed E-state index contributed by atoms with van der Waals surface area (Å²) in [7, 11) is 0. The van der Waals surface area contributed by atoms with Gasteiger partial charge in [0.2, 0.25) is 0 Å². The Morgan fingerprint density at radius 1 is 1.36 bits per heavy atom. The van der Waals surface area contributed by atoms with E-state index in [2.05, 4.69) is 41.1 Å². The summed E-state index contributed by atoms with van der Waals surface area (Å²) in [5.74, 6) is 0. The van der Waals surface area contributed by atoms with Crippen molar-refractivity contribution in [2.45, 2.75) is 35.7 Å². The van der Waals surface area contributed by atoms with E-state index < -0.39 is 0 Å². The van der Waals surface area contributed by atoms with Gasteiger partial charge in [-0.3, -0.25) is 0 Å². The molecular weight excluding hydrogens is 315 g/mol. The van der Waals surface area contributed by atoms with Gasteiger partial charge in [0.05, 0.1) is 0 Å². The standard InChI is InChI=1S/C7H10.3CH3.Pt/c1-2-7-5-3-4-6-7;;;;/h3-5H,2,6H2,1H3;3*1H3;. The zero-order chi connectivity index (χ0) is 8.69. The van der Waals surface area contributed by atoms with Gasteiger partial charge in [-0.05, 0) is 12.8 Å². The maximum atomic E-state index is 2.32. The van der Waals surface area contributed by atoms with Crippen molar-refractivity contribution in [1.82, 2.24) is 0 Å². The fourth-order valence-corrected chi connectivity index (χ4v) is 0.754. The predicted octanol–water partition coefficient (Wildman–Crippen LogP) is 4.03. The first-order valence-electron chi connectivity index (χ1n) is 3.73. The predicted molar refractivity (Wildman–Crippen MR) is 49.7 cm³/mol.